The van der Waals surface area contributed by atoms with Crippen molar-refractivity contribution in [3.8, 4) is 0 Å². The van der Waals surface area contributed by atoms with Crippen LogP contribution < -0.4 is 20.9 Å². The van der Waals surface area contributed by atoms with Gasteiger partial charge < -0.3 is 38.6 Å². The Hall–Kier alpha value is -2.74. The monoisotopic (exact) mass is 736 g/mol. The van der Waals surface area contributed by atoms with Gasteiger partial charge in [-0.1, -0.05) is 39.3 Å². The van der Waals surface area contributed by atoms with Gasteiger partial charge in [-0.15, -0.1) is 0 Å². The molecule has 0 atom stereocenters. The Kier molecular flexibility index (Phi) is 17.5. The van der Waals surface area contributed by atoms with Crippen molar-refractivity contribution >= 4 is 34.1 Å². The van der Waals surface area contributed by atoms with Crippen LogP contribution in [0.1, 0.15) is 24.2 Å². The Labute approximate surface area is 298 Å². The second-order valence-electron chi connectivity index (χ2n) is 15.1. The van der Waals surface area contributed by atoms with Crippen molar-refractivity contribution in [2.45, 2.75) is 90.5 Å². The molecule has 2 aliphatic heterocycles. The normalized spacial score (nSPS) is 15.5. The van der Waals surface area contributed by atoms with Crippen LogP contribution in [0.2, 0.25) is 51.4 Å². The van der Waals surface area contributed by atoms with Crippen LogP contribution in [0.5, 0.6) is 0 Å². The highest BCUT2D eigenvalue weighted by atomic mass is 28.3. The Morgan fingerprint density at radius 2 is 1.16 bits per heavy atom. The number of aldehydes is 1. The summed E-state index contributed by atoms with van der Waals surface area (Å²) < 4.78 is 25.4. The van der Waals surface area contributed by atoms with E-state index in [1.54, 1.807) is 21.5 Å². The maximum Gasteiger partial charge on any atom is 0.295 e. The van der Waals surface area contributed by atoms with E-state index < -0.39 is 16.1 Å². The van der Waals surface area contributed by atoms with Crippen LogP contribution in [-0.4, -0.2) is 119 Å². The lowest BCUT2D eigenvalue weighted by molar-refractivity contribution is -0.107. The second-order valence-corrected chi connectivity index (χ2v) is 26.3. The molecule has 1 N–H and O–H groups in total. The summed E-state index contributed by atoms with van der Waals surface area (Å²) in [4.78, 5) is 49.2. The number of aryl methyl sites for hydroxylation is 2. The summed E-state index contributed by atoms with van der Waals surface area (Å²) in [6.07, 6.45) is 6.53. The van der Waals surface area contributed by atoms with Crippen molar-refractivity contribution in [3.05, 3.63) is 44.5 Å². The van der Waals surface area contributed by atoms with Crippen LogP contribution in [-0.2, 0) is 50.0 Å². The number of morpholine rings is 2. The van der Waals surface area contributed by atoms with Gasteiger partial charge in [-0.25, -0.2) is 9.97 Å². The third kappa shape index (κ3) is 14.9. The minimum absolute atomic E-state index is 0.112. The molecular weight excluding hydrogens is 677 g/mol. The summed E-state index contributed by atoms with van der Waals surface area (Å²) in [7, 11) is -2.31. The molecule has 2 saturated heterocycles. The summed E-state index contributed by atoms with van der Waals surface area (Å²) in [5.41, 5.74) is 1.28. The molecule has 16 heteroatoms. The number of ether oxygens (including phenoxy) is 4. The fourth-order valence-electron chi connectivity index (χ4n) is 5.10. The molecule has 0 saturated carbocycles. The summed E-state index contributed by atoms with van der Waals surface area (Å²) in [6, 6.07) is 2.13. The van der Waals surface area contributed by atoms with E-state index in [9.17, 15) is 14.4 Å². The van der Waals surface area contributed by atoms with E-state index in [-0.39, 0.29) is 31.2 Å². The van der Waals surface area contributed by atoms with Gasteiger partial charge in [-0.05, 0) is 31.4 Å². The topological polar surface area (TPSA) is 150 Å². The van der Waals surface area contributed by atoms with Crippen molar-refractivity contribution in [1.82, 2.24) is 19.1 Å². The van der Waals surface area contributed by atoms with Gasteiger partial charge >= 0.3 is 0 Å². The maximum atomic E-state index is 12.8. The van der Waals surface area contributed by atoms with E-state index in [0.717, 1.165) is 29.8 Å². The Morgan fingerprint density at radius 3 is 1.54 bits per heavy atom. The molecule has 4 heterocycles. The van der Waals surface area contributed by atoms with E-state index in [4.69, 9.17) is 24.1 Å². The third-order valence-corrected chi connectivity index (χ3v) is 11.6. The van der Waals surface area contributed by atoms with Crippen LogP contribution in [0.3, 0.4) is 0 Å². The molecule has 2 aliphatic rings. The summed E-state index contributed by atoms with van der Waals surface area (Å²) in [6.45, 7) is 20.7. The van der Waals surface area contributed by atoms with Gasteiger partial charge in [0.2, 0.25) is 0 Å². The molecule has 0 spiro atoms. The number of aliphatic hydroxyl groups is 1. The molecule has 0 unspecified atom stereocenters. The molecule has 2 aromatic rings. The lowest BCUT2D eigenvalue weighted by atomic mass is 10.2. The summed E-state index contributed by atoms with van der Waals surface area (Å²) >= 11 is 0. The SMILES string of the molecule is C[Si](C)(C)CCOCn1cc(CCC=O)nc(N2CCOCC2)c1=O.C[Si](C)(C)CCOCn1cc(CCCO)nc(N2CCOCC2)c1=O. The number of carbonyl (C=O) groups excluding carboxylic acids is 1. The van der Waals surface area contributed by atoms with E-state index in [0.29, 0.717) is 103 Å². The Balaban J connectivity index is 0.000000270. The van der Waals surface area contributed by atoms with Crippen molar-refractivity contribution in [2.24, 2.45) is 0 Å². The number of nitrogens with zero attached hydrogens (tertiary/aromatic N) is 6. The number of aromatic nitrogens is 4. The third-order valence-electron chi connectivity index (χ3n) is 8.20. The number of anilines is 2. The molecule has 0 aliphatic carbocycles. The molecule has 0 aromatic carbocycles. The highest BCUT2D eigenvalue weighted by molar-refractivity contribution is 6.76. The van der Waals surface area contributed by atoms with Gasteiger partial charge in [0.1, 0.15) is 19.7 Å². The van der Waals surface area contributed by atoms with E-state index in [2.05, 4.69) is 49.3 Å². The summed E-state index contributed by atoms with van der Waals surface area (Å²) in [5, 5.41) is 9.07. The van der Waals surface area contributed by atoms with Crippen molar-refractivity contribution in [3.63, 3.8) is 0 Å². The molecule has 4 rings (SSSR count). The quantitative estimate of drug-likeness (QED) is 0.136. The fourth-order valence-corrected chi connectivity index (χ4v) is 6.62. The lowest BCUT2D eigenvalue weighted by Gasteiger charge is -2.28. The average Bonchev–Trinajstić information content (AvgIpc) is 3.08. The number of rotatable bonds is 18. The number of hydrogen-bond donors (Lipinski definition) is 1. The number of aliphatic hydroxyl groups excluding tert-OH is 1. The lowest BCUT2D eigenvalue weighted by Crippen LogP contribution is -2.41. The molecule has 2 aromatic heterocycles. The van der Waals surface area contributed by atoms with Crippen LogP contribution >= 0.6 is 0 Å². The first-order valence-electron chi connectivity index (χ1n) is 17.9. The molecule has 0 radical (unpaired) electrons. The standard InChI is InChI=1S/C17H31N3O4Si.C17H29N3O4Si/c2*1-25(2,3)12-11-24-14-20-13-15(5-4-8-21)18-16(17(20)22)19-6-9-23-10-7-19/h13,21H,4-12,14H2,1-3H3;8,13H,4-7,9-12,14H2,1-3H3. The maximum absolute atomic E-state index is 12.8. The predicted molar refractivity (Wildman–Crippen MR) is 201 cm³/mol. The average molecular weight is 737 g/mol. The van der Waals surface area contributed by atoms with Gasteiger partial charge in [-0.2, -0.15) is 0 Å². The van der Waals surface area contributed by atoms with Gasteiger partial charge in [0.25, 0.3) is 11.1 Å². The highest BCUT2D eigenvalue weighted by Crippen LogP contribution is 2.13. The first-order chi connectivity index (χ1) is 23.8. The Morgan fingerprint density at radius 1 is 0.740 bits per heavy atom. The summed E-state index contributed by atoms with van der Waals surface area (Å²) in [5.74, 6) is 0.896. The molecule has 50 heavy (non-hydrogen) atoms. The minimum atomic E-state index is -1.16. The number of carbonyl (C=O) groups is 1. The van der Waals surface area contributed by atoms with Crippen LogP contribution in [0, 0.1) is 0 Å². The molecule has 14 nitrogen and oxygen atoms in total. The second kappa shape index (κ2) is 20.9. The largest absolute Gasteiger partial charge is 0.396 e. The van der Waals surface area contributed by atoms with Crippen molar-refractivity contribution < 1.29 is 28.8 Å². The van der Waals surface area contributed by atoms with Crippen LogP contribution in [0.25, 0.3) is 0 Å². The van der Waals surface area contributed by atoms with E-state index in [1.807, 2.05) is 9.80 Å². The van der Waals surface area contributed by atoms with E-state index in [1.165, 1.54) is 0 Å². The molecule has 2 fully saturated rings. The number of hydrogen-bond acceptors (Lipinski definition) is 12. The van der Waals surface area contributed by atoms with Crippen molar-refractivity contribution in [2.75, 3.05) is 82.2 Å². The zero-order valence-corrected chi connectivity index (χ0v) is 33.2. The Bertz CT molecular complexity index is 1430. The van der Waals surface area contributed by atoms with Gasteiger partial charge in [0.15, 0.2) is 11.6 Å². The smallest absolute Gasteiger partial charge is 0.295 e. The predicted octanol–water partition coefficient (Wildman–Crippen LogP) is 2.84. The minimum Gasteiger partial charge on any atom is -0.396 e. The highest BCUT2D eigenvalue weighted by Gasteiger charge is 2.21. The van der Waals surface area contributed by atoms with Crippen LogP contribution in [0.15, 0.2) is 22.0 Å². The molecule has 0 bridgehead atoms. The van der Waals surface area contributed by atoms with Crippen molar-refractivity contribution in [1.29, 1.82) is 0 Å². The van der Waals surface area contributed by atoms with Gasteiger partial charge in [0.05, 0.1) is 37.8 Å². The van der Waals surface area contributed by atoms with Gasteiger partial charge in [-0.3, -0.25) is 18.7 Å². The molecule has 282 valence electrons. The molecular formula is C34H60N6O8Si2. The van der Waals surface area contributed by atoms with Crippen LogP contribution in [0.4, 0.5) is 11.6 Å². The first-order valence-corrected chi connectivity index (χ1v) is 25.3. The zero-order chi connectivity index (χ0) is 36.6. The fraction of sp³-hybridized carbons (Fsp3) is 0.735. The van der Waals surface area contributed by atoms with E-state index >= 15 is 0 Å². The zero-order valence-electron chi connectivity index (χ0n) is 31.2. The molecule has 0 amide bonds. The first kappa shape index (κ1) is 41.7. The van der Waals surface area contributed by atoms with Gasteiger partial charge in [0, 0.05) is 81.0 Å².